The molecule has 1 aromatic rings. The smallest absolute Gasteiger partial charge is 0.143 e. The standard InChI is InChI=1S/C11H12O3/c1-4-10(12)9-7-8(13-2)5-6-11(9)14-3/h1,5-7,10,12H,2-3H3. The maximum Gasteiger partial charge on any atom is 0.143 e. The summed E-state index contributed by atoms with van der Waals surface area (Å²) in [6.45, 7) is 0. The van der Waals surface area contributed by atoms with E-state index >= 15 is 0 Å². The summed E-state index contributed by atoms with van der Waals surface area (Å²) < 4.78 is 10.1. The molecule has 3 heteroatoms. The highest BCUT2D eigenvalue weighted by Crippen LogP contribution is 2.28. The van der Waals surface area contributed by atoms with Crippen LogP contribution in [0.15, 0.2) is 18.2 Å². The minimum absolute atomic E-state index is 0.536. The normalized spacial score (nSPS) is 11.6. The van der Waals surface area contributed by atoms with Crippen molar-refractivity contribution >= 4 is 0 Å². The second-order valence-corrected chi connectivity index (χ2v) is 2.68. The Morgan fingerprint density at radius 2 is 2.07 bits per heavy atom. The summed E-state index contributed by atoms with van der Waals surface area (Å²) in [5.41, 5.74) is 0.536. The predicted molar refractivity (Wildman–Crippen MR) is 53.3 cm³/mol. The maximum absolute atomic E-state index is 9.49. The van der Waals surface area contributed by atoms with Crippen molar-refractivity contribution in [2.45, 2.75) is 6.10 Å². The Balaban J connectivity index is 3.16. The molecule has 3 nitrogen and oxygen atoms in total. The van der Waals surface area contributed by atoms with Crippen LogP contribution in [0.1, 0.15) is 11.7 Å². The Morgan fingerprint density at radius 1 is 1.36 bits per heavy atom. The summed E-state index contributed by atoms with van der Waals surface area (Å²) in [6.07, 6.45) is 4.15. The van der Waals surface area contributed by atoms with Gasteiger partial charge in [-0.15, -0.1) is 6.42 Å². The van der Waals surface area contributed by atoms with Gasteiger partial charge in [-0.3, -0.25) is 0 Å². The molecule has 1 N–H and O–H groups in total. The second kappa shape index (κ2) is 4.54. The quantitative estimate of drug-likeness (QED) is 0.735. The van der Waals surface area contributed by atoms with E-state index in [0.29, 0.717) is 17.1 Å². The van der Waals surface area contributed by atoms with E-state index < -0.39 is 6.10 Å². The predicted octanol–water partition coefficient (Wildman–Crippen LogP) is 1.37. The zero-order valence-electron chi connectivity index (χ0n) is 8.15. The lowest BCUT2D eigenvalue weighted by Gasteiger charge is -2.11. The number of rotatable bonds is 3. The molecule has 0 saturated carbocycles. The molecule has 0 heterocycles. The second-order valence-electron chi connectivity index (χ2n) is 2.68. The number of benzene rings is 1. The first-order valence-electron chi connectivity index (χ1n) is 4.09. The van der Waals surface area contributed by atoms with Crippen molar-refractivity contribution in [2.24, 2.45) is 0 Å². The van der Waals surface area contributed by atoms with Crippen LogP contribution in [0.3, 0.4) is 0 Å². The molecule has 0 fully saturated rings. The van der Waals surface area contributed by atoms with Gasteiger partial charge in [0.25, 0.3) is 0 Å². The van der Waals surface area contributed by atoms with Crippen molar-refractivity contribution in [3.05, 3.63) is 23.8 Å². The Kier molecular flexibility index (Phi) is 3.38. The Hall–Kier alpha value is -1.66. The largest absolute Gasteiger partial charge is 0.497 e. The van der Waals surface area contributed by atoms with Crippen molar-refractivity contribution in [3.8, 4) is 23.8 Å². The molecule has 14 heavy (non-hydrogen) atoms. The van der Waals surface area contributed by atoms with Gasteiger partial charge in [0.2, 0.25) is 0 Å². The molecule has 0 aliphatic rings. The van der Waals surface area contributed by atoms with E-state index in [4.69, 9.17) is 15.9 Å². The van der Waals surface area contributed by atoms with E-state index in [1.807, 2.05) is 0 Å². The summed E-state index contributed by atoms with van der Waals surface area (Å²) in [7, 11) is 3.07. The Bertz CT molecular complexity index is 352. The monoisotopic (exact) mass is 192 g/mol. The molecule has 1 rings (SSSR count). The third-order valence-electron chi connectivity index (χ3n) is 1.89. The SMILES string of the molecule is C#CC(O)c1cc(OC)ccc1OC. The van der Waals surface area contributed by atoms with Crippen LogP contribution in [0.5, 0.6) is 11.5 Å². The van der Waals surface area contributed by atoms with Crippen LogP contribution in [-0.4, -0.2) is 19.3 Å². The summed E-state index contributed by atoms with van der Waals surface area (Å²) in [5, 5.41) is 9.49. The van der Waals surface area contributed by atoms with Gasteiger partial charge in [0.1, 0.15) is 17.6 Å². The Morgan fingerprint density at radius 3 is 2.57 bits per heavy atom. The van der Waals surface area contributed by atoms with E-state index in [1.165, 1.54) is 7.11 Å². The molecule has 0 bridgehead atoms. The van der Waals surface area contributed by atoms with Gasteiger partial charge in [0.05, 0.1) is 14.2 Å². The van der Waals surface area contributed by atoms with E-state index in [-0.39, 0.29) is 0 Å². The van der Waals surface area contributed by atoms with Gasteiger partial charge >= 0.3 is 0 Å². The lowest BCUT2D eigenvalue weighted by Crippen LogP contribution is -1.98. The number of aliphatic hydroxyl groups is 1. The van der Waals surface area contributed by atoms with Crippen LogP contribution in [0, 0.1) is 12.3 Å². The number of methoxy groups -OCH3 is 2. The number of aliphatic hydroxyl groups excluding tert-OH is 1. The van der Waals surface area contributed by atoms with Crippen molar-refractivity contribution in [2.75, 3.05) is 14.2 Å². The zero-order chi connectivity index (χ0) is 10.6. The molecule has 74 valence electrons. The zero-order valence-corrected chi connectivity index (χ0v) is 8.15. The average Bonchev–Trinajstić information content (AvgIpc) is 2.27. The Labute approximate surface area is 83.3 Å². The van der Waals surface area contributed by atoms with Crippen molar-refractivity contribution in [1.29, 1.82) is 0 Å². The number of hydrogen-bond acceptors (Lipinski definition) is 3. The fourth-order valence-electron chi connectivity index (χ4n) is 1.14. The topological polar surface area (TPSA) is 38.7 Å². The molecule has 0 spiro atoms. The molecule has 0 aliphatic carbocycles. The summed E-state index contributed by atoms with van der Waals surface area (Å²) in [4.78, 5) is 0. The molecule has 1 atom stereocenters. The minimum atomic E-state index is -0.972. The highest BCUT2D eigenvalue weighted by atomic mass is 16.5. The molecular formula is C11H12O3. The first-order chi connectivity index (χ1) is 6.72. The maximum atomic E-state index is 9.49. The molecule has 0 saturated heterocycles. The molecule has 0 aromatic heterocycles. The molecule has 0 amide bonds. The van der Waals surface area contributed by atoms with Gasteiger partial charge in [-0.05, 0) is 18.2 Å². The van der Waals surface area contributed by atoms with Crippen molar-refractivity contribution in [1.82, 2.24) is 0 Å². The van der Waals surface area contributed by atoms with Crippen LogP contribution in [-0.2, 0) is 0 Å². The third kappa shape index (κ3) is 1.98. The summed E-state index contributed by atoms with van der Waals surface area (Å²) in [6, 6.07) is 5.10. The van der Waals surface area contributed by atoms with E-state index in [0.717, 1.165) is 0 Å². The van der Waals surface area contributed by atoms with Gasteiger partial charge < -0.3 is 14.6 Å². The van der Waals surface area contributed by atoms with Crippen molar-refractivity contribution < 1.29 is 14.6 Å². The highest BCUT2D eigenvalue weighted by Gasteiger charge is 2.11. The number of hydrogen-bond donors (Lipinski definition) is 1. The van der Waals surface area contributed by atoms with E-state index in [9.17, 15) is 5.11 Å². The number of ether oxygens (including phenoxy) is 2. The lowest BCUT2D eigenvalue weighted by molar-refractivity contribution is 0.231. The molecule has 1 unspecified atom stereocenters. The minimum Gasteiger partial charge on any atom is -0.497 e. The first-order valence-corrected chi connectivity index (χ1v) is 4.09. The lowest BCUT2D eigenvalue weighted by atomic mass is 10.1. The van der Waals surface area contributed by atoms with Gasteiger partial charge in [-0.2, -0.15) is 0 Å². The van der Waals surface area contributed by atoms with Crippen LogP contribution in [0.2, 0.25) is 0 Å². The van der Waals surface area contributed by atoms with E-state index in [1.54, 1.807) is 25.3 Å². The molecule has 0 aliphatic heterocycles. The third-order valence-corrected chi connectivity index (χ3v) is 1.89. The molecule has 0 radical (unpaired) electrons. The van der Waals surface area contributed by atoms with Crippen LogP contribution in [0.4, 0.5) is 0 Å². The number of terminal acetylenes is 1. The fraction of sp³-hybridized carbons (Fsp3) is 0.273. The van der Waals surface area contributed by atoms with E-state index in [2.05, 4.69) is 5.92 Å². The average molecular weight is 192 g/mol. The van der Waals surface area contributed by atoms with Gasteiger partial charge in [-0.1, -0.05) is 5.92 Å². The molecule has 1 aromatic carbocycles. The first kappa shape index (κ1) is 10.4. The van der Waals surface area contributed by atoms with Crippen LogP contribution in [0.25, 0.3) is 0 Å². The van der Waals surface area contributed by atoms with Gasteiger partial charge in [0.15, 0.2) is 0 Å². The molecular weight excluding hydrogens is 180 g/mol. The van der Waals surface area contributed by atoms with Gasteiger partial charge in [0, 0.05) is 5.56 Å². The van der Waals surface area contributed by atoms with Crippen LogP contribution < -0.4 is 9.47 Å². The fourth-order valence-corrected chi connectivity index (χ4v) is 1.14. The summed E-state index contributed by atoms with van der Waals surface area (Å²) in [5.74, 6) is 3.41. The summed E-state index contributed by atoms with van der Waals surface area (Å²) >= 11 is 0. The van der Waals surface area contributed by atoms with Crippen LogP contribution >= 0.6 is 0 Å². The van der Waals surface area contributed by atoms with Crippen molar-refractivity contribution in [3.63, 3.8) is 0 Å². The highest BCUT2D eigenvalue weighted by molar-refractivity contribution is 5.43. The van der Waals surface area contributed by atoms with Gasteiger partial charge in [-0.25, -0.2) is 0 Å².